The molecule has 0 aromatic heterocycles. The van der Waals surface area contributed by atoms with Gasteiger partial charge in [0.25, 0.3) is 5.69 Å². The molecular weight excluding hydrogens is 576 g/mol. The lowest BCUT2D eigenvalue weighted by atomic mass is 9.88. The lowest BCUT2D eigenvalue weighted by molar-refractivity contribution is -0.384. The molecule has 5 rings (SSSR count). The molecule has 0 N–H and O–H groups in total. The first-order valence-corrected chi connectivity index (χ1v) is 14.8. The van der Waals surface area contributed by atoms with Crippen molar-refractivity contribution in [1.29, 1.82) is 0 Å². The van der Waals surface area contributed by atoms with E-state index in [1.807, 2.05) is 60.7 Å². The number of hydrogen-bond donors (Lipinski definition) is 0. The van der Waals surface area contributed by atoms with Gasteiger partial charge in [0.1, 0.15) is 30.0 Å². The minimum absolute atomic E-state index is 0.0988. The molecule has 0 radical (unpaired) electrons. The summed E-state index contributed by atoms with van der Waals surface area (Å²) in [5, 5.41) is 9.95. The Hall–Kier alpha value is -4.58. The molecule has 3 aromatic carbocycles. The van der Waals surface area contributed by atoms with Crippen molar-refractivity contribution < 1.29 is 37.7 Å². The SMILES string of the molecule is C[C@@H](OC(=O)OCc1ccc([N+](=O)[O-])cc1)[C@@H]1C(=O)N2[C@@H]1S(=O)C(C)(C)[C@@H]2C(=O)OC(c1ccccc1)c1ccccc1. The summed E-state index contributed by atoms with van der Waals surface area (Å²) in [5.74, 6) is -2.09. The molecule has 12 heteroatoms. The fraction of sp³-hybridized carbons (Fsp3) is 0.323. The van der Waals surface area contributed by atoms with Gasteiger partial charge in [-0.25, -0.2) is 9.59 Å². The molecule has 1 unspecified atom stereocenters. The predicted molar refractivity (Wildman–Crippen MR) is 155 cm³/mol. The van der Waals surface area contributed by atoms with E-state index < -0.39 is 68.0 Å². The quantitative estimate of drug-likeness (QED) is 0.147. The van der Waals surface area contributed by atoms with E-state index >= 15 is 0 Å². The maximum absolute atomic E-state index is 13.7. The van der Waals surface area contributed by atoms with Gasteiger partial charge < -0.3 is 19.1 Å². The van der Waals surface area contributed by atoms with Crippen LogP contribution in [-0.2, 0) is 41.2 Å². The zero-order valence-corrected chi connectivity index (χ0v) is 24.5. The fourth-order valence-corrected chi connectivity index (χ4v) is 7.58. The molecule has 3 aromatic rings. The standard InChI is InChI=1S/C31H30N2O9S/c1-19(41-30(36)40-18-20-14-16-23(17-15-20)33(37)38)24-27(34)32-26(31(2,3)43(39)28(24)32)29(35)42-25(21-10-6-4-7-11-21)22-12-8-5-9-13-22/h4-17,19,24-26,28H,18H2,1-3H3/t19-,24-,26+,28-,43?/m1/s1. The highest BCUT2D eigenvalue weighted by atomic mass is 32.2. The molecule has 2 aliphatic heterocycles. The van der Waals surface area contributed by atoms with E-state index in [0.29, 0.717) is 5.56 Å². The Bertz CT molecular complexity index is 1510. The van der Waals surface area contributed by atoms with Crippen molar-refractivity contribution in [3.05, 3.63) is 112 Å². The molecular formula is C31H30N2O9S. The summed E-state index contributed by atoms with van der Waals surface area (Å²) in [6, 6.07) is 22.8. The Morgan fingerprint density at radius 3 is 2.05 bits per heavy atom. The maximum atomic E-state index is 13.7. The normalized spacial score (nSPS) is 22.7. The van der Waals surface area contributed by atoms with Crippen molar-refractivity contribution in [2.45, 2.75) is 55.7 Å². The van der Waals surface area contributed by atoms with E-state index in [9.17, 15) is 28.7 Å². The first-order valence-electron chi connectivity index (χ1n) is 13.6. The van der Waals surface area contributed by atoms with Gasteiger partial charge in [-0.1, -0.05) is 60.7 Å². The Morgan fingerprint density at radius 1 is 0.953 bits per heavy atom. The van der Waals surface area contributed by atoms with Crippen LogP contribution in [-0.4, -0.2) is 54.3 Å². The number of benzene rings is 3. The number of amides is 1. The third-order valence-corrected chi connectivity index (χ3v) is 9.97. The van der Waals surface area contributed by atoms with Crippen LogP contribution in [0.3, 0.4) is 0 Å². The summed E-state index contributed by atoms with van der Waals surface area (Å²) in [5.41, 5.74) is 1.90. The molecule has 11 nitrogen and oxygen atoms in total. The summed E-state index contributed by atoms with van der Waals surface area (Å²) in [7, 11) is -1.68. The molecule has 2 saturated heterocycles. The van der Waals surface area contributed by atoms with Gasteiger partial charge in [-0.05, 0) is 49.6 Å². The van der Waals surface area contributed by atoms with Gasteiger partial charge in [-0.2, -0.15) is 0 Å². The van der Waals surface area contributed by atoms with Gasteiger partial charge >= 0.3 is 12.1 Å². The zero-order valence-electron chi connectivity index (χ0n) is 23.7. The molecule has 0 saturated carbocycles. The van der Waals surface area contributed by atoms with Gasteiger partial charge in [0.05, 0.1) is 20.5 Å². The summed E-state index contributed by atoms with van der Waals surface area (Å²) < 4.78 is 29.0. The number of non-ortho nitro benzene ring substituents is 1. The number of β-lactam (4-membered cyclic amide) rings is 1. The fourth-order valence-electron chi connectivity index (χ4n) is 5.49. The first-order chi connectivity index (χ1) is 20.5. The molecule has 2 aliphatic rings. The van der Waals surface area contributed by atoms with Gasteiger partial charge in [0, 0.05) is 12.1 Å². The van der Waals surface area contributed by atoms with Crippen LogP contribution in [0.5, 0.6) is 0 Å². The monoisotopic (exact) mass is 606 g/mol. The smallest absolute Gasteiger partial charge is 0.451 e. The number of nitrogens with zero attached hydrogens (tertiary/aromatic N) is 2. The van der Waals surface area contributed by atoms with Crippen LogP contribution in [0.15, 0.2) is 84.9 Å². The molecule has 0 bridgehead atoms. The van der Waals surface area contributed by atoms with Crippen molar-refractivity contribution in [1.82, 2.24) is 4.90 Å². The van der Waals surface area contributed by atoms with Gasteiger partial charge in [-0.15, -0.1) is 0 Å². The van der Waals surface area contributed by atoms with Crippen molar-refractivity contribution in [3.8, 4) is 0 Å². The van der Waals surface area contributed by atoms with E-state index in [1.165, 1.54) is 36.1 Å². The Kier molecular flexibility index (Phi) is 8.32. The summed E-state index contributed by atoms with van der Waals surface area (Å²) in [6.07, 6.45) is -2.78. The van der Waals surface area contributed by atoms with Crippen LogP contribution in [0.1, 0.15) is 43.6 Å². The Morgan fingerprint density at radius 2 is 1.51 bits per heavy atom. The second-order valence-electron chi connectivity index (χ2n) is 10.9. The molecule has 0 spiro atoms. The lowest BCUT2D eigenvalue weighted by Gasteiger charge is -2.45. The number of carbonyl (C=O) groups is 3. The van der Waals surface area contributed by atoms with Crippen LogP contribution in [0, 0.1) is 16.0 Å². The van der Waals surface area contributed by atoms with Crippen molar-refractivity contribution in [3.63, 3.8) is 0 Å². The first kappa shape index (κ1) is 29.9. The Labute approximate surface area is 250 Å². The second-order valence-corrected chi connectivity index (χ2v) is 13.0. The summed E-state index contributed by atoms with van der Waals surface area (Å²) in [6.45, 7) is 4.61. The molecule has 2 heterocycles. The van der Waals surface area contributed by atoms with Gasteiger partial charge in [0.2, 0.25) is 5.91 Å². The Balaban J connectivity index is 1.27. The number of hydrogen-bond acceptors (Lipinski definition) is 9. The highest BCUT2D eigenvalue weighted by Crippen LogP contribution is 2.48. The van der Waals surface area contributed by atoms with Gasteiger partial charge in [-0.3, -0.25) is 19.1 Å². The number of fused-ring (bicyclic) bond motifs is 1. The molecule has 2 fully saturated rings. The topological polar surface area (TPSA) is 142 Å². The highest BCUT2D eigenvalue weighted by Gasteiger charge is 2.69. The second kappa shape index (κ2) is 12.0. The number of carbonyl (C=O) groups excluding carboxylic acids is 3. The molecule has 43 heavy (non-hydrogen) atoms. The number of nitro groups is 1. The van der Waals surface area contributed by atoms with Crippen molar-refractivity contribution in [2.24, 2.45) is 5.92 Å². The highest BCUT2D eigenvalue weighted by molar-refractivity contribution is 7.87. The number of rotatable bonds is 9. The lowest BCUT2D eigenvalue weighted by Crippen LogP contribution is -2.66. The average Bonchev–Trinajstić information content (AvgIpc) is 3.17. The van der Waals surface area contributed by atoms with E-state index in [-0.39, 0.29) is 12.3 Å². The number of esters is 1. The molecule has 1 amide bonds. The molecule has 224 valence electrons. The van der Waals surface area contributed by atoms with E-state index in [1.54, 1.807) is 13.8 Å². The zero-order chi connectivity index (χ0) is 30.9. The molecule has 5 atom stereocenters. The van der Waals surface area contributed by atoms with E-state index in [2.05, 4.69) is 0 Å². The summed E-state index contributed by atoms with van der Waals surface area (Å²) >= 11 is 0. The minimum atomic E-state index is -1.68. The van der Waals surface area contributed by atoms with E-state index in [0.717, 1.165) is 11.1 Å². The minimum Gasteiger partial charge on any atom is -0.451 e. The maximum Gasteiger partial charge on any atom is 0.508 e. The third kappa shape index (κ3) is 5.74. The largest absolute Gasteiger partial charge is 0.508 e. The third-order valence-electron chi connectivity index (χ3n) is 7.75. The average molecular weight is 607 g/mol. The van der Waals surface area contributed by atoms with Crippen molar-refractivity contribution in [2.75, 3.05) is 0 Å². The van der Waals surface area contributed by atoms with E-state index in [4.69, 9.17) is 14.2 Å². The van der Waals surface area contributed by atoms with Crippen LogP contribution < -0.4 is 0 Å². The van der Waals surface area contributed by atoms with Crippen LogP contribution in [0.2, 0.25) is 0 Å². The van der Waals surface area contributed by atoms with Crippen LogP contribution >= 0.6 is 0 Å². The van der Waals surface area contributed by atoms with Crippen LogP contribution in [0.4, 0.5) is 10.5 Å². The summed E-state index contributed by atoms with van der Waals surface area (Å²) in [4.78, 5) is 51.1. The number of nitro benzene ring substituents is 1. The van der Waals surface area contributed by atoms with Gasteiger partial charge in [0.15, 0.2) is 6.10 Å². The molecule has 0 aliphatic carbocycles. The predicted octanol–water partition coefficient (Wildman–Crippen LogP) is 4.66. The van der Waals surface area contributed by atoms with Crippen molar-refractivity contribution >= 4 is 34.5 Å². The van der Waals surface area contributed by atoms with Crippen LogP contribution in [0.25, 0.3) is 0 Å². The number of ether oxygens (including phenoxy) is 3.